The van der Waals surface area contributed by atoms with Crippen molar-refractivity contribution in [3.63, 3.8) is 0 Å². The number of alkyl halides is 2. The lowest BCUT2D eigenvalue weighted by Crippen LogP contribution is -1.90. The molecule has 5 heteroatoms. The Kier molecular flexibility index (Phi) is 2.40. The predicted octanol–water partition coefficient (Wildman–Crippen LogP) is 1.75. The number of H-pyrrole nitrogens is 1. The quantitative estimate of drug-likeness (QED) is 0.735. The van der Waals surface area contributed by atoms with E-state index in [1.54, 1.807) is 6.92 Å². The fourth-order valence-corrected chi connectivity index (χ4v) is 0.651. The van der Waals surface area contributed by atoms with Crippen molar-refractivity contribution in [2.24, 2.45) is 0 Å². The third-order valence-corrected chi connectivity index (χ3v) is 1.10. The largest absolute Gasteiger partial charge is 0.477 e. The summed E-state index contributed by atoms with van der Waals surface area (Å²) in [5.74, 6) is 0.211. The molecule has 0 spiro atoms. The number of hydrogen-bond acceptors (Lipinski definition) is 2. The van der Waals surface area contributed by atoms with Crippen LogP contribution >= 0.6 is 0 Å². The lowest BCUT2D eigenvalue weighted by atomic mass is 10.4. The van der Waals surface area contributed by atoms with Gasteiger partial charge in [0.15, 0.2) is 0 Å². The molecule has 0 fully saturated rings. The molecule has 0 aliphatic rings. The molecule has 1 heterocycles. The van der Waals surface area contributed by atoms with Crippen molar-refractivity contribution in [3.8, 4) is 5.88 Å². The molecular formula is C6H8F2N2O. The van der Waals surface area contributed by atoms with Gasteiger partial charge in [0.25, 0.3) is 6.43 Å². The van der Waals surface area contributed by atoms with E-state index >= 15 is 0 Å². The maximum absolute atomic E-state index is 11.9. The van der Waals surface area contributed by atoms with Crippen LogP contribution in [0, 0.1) is 0 Å². The number of hydrogen-bond donors (Lipinski definition) is 1. The Hall–Kier alpha value is -1.13. The Morgan fingerprint density at radius 3 is 2.91 bits per heavy atom. The van der Waals surface area contributed by atoms with E-state index in [0.29, 0.717) is 6.61 Å². The van der Waals surface area contributed by atoms with Crippen LogP contribution in [0.4, 0.5) is 8.78 Å². The van der Waals surface area contributed by atoms with Crippen molar-refractivity contribution in [1.29, 1.82) is 0 Å². The molecule has 0 saturated carbocycles. The molecule has 0 bridgehead atoms. The molecule has 0 radical (unpaired) electrons. The summed E-state index contributed by atoms with van der Waals surface area (Å²) in [6.45, 7) is 2.18. The number of aromatic amines is 1. The lowest BCUT2D eigenvalue weighted by Gasteiger charge is -1.93. The first-order valence-corrected chi connectivity index (χ1v) is 3.20. The van der Waals surface area contributed by atoms with Crippen molar-refractivity contribution in [3.05, 3.63) is 11.8 Å². The van der Waals surface area contributed by atoms with E-state index in [9.17, 15) is 8.78 Å². The number of nitrogens with one attached hydrogen (secondary N) is 1. The van der Waals surface area contributed by atoms with E-state index in [2.05, 4.69) is 10.2 Å². The summed E-state index contributed by atoms with van der Waals surface area (Å²) in [7, 11) is 0. The molecule has 0 aliphatic carbocycles. The van der Waals surface area contributed by atoms with E-state index in [-0.39, 0.29) is 11.6 Å². The van der Waals surface area contributed by atoms with Crippen LogP contribution in [-0.2, 0) is 0 Å². The minimum Gasteiger partial charge on any atom is -0.477 e. The predicted molar refractivity (Wildman–Crippen MR) is 34.7 cm³/mol. The smallest absolute Gasteiger partial charge is 0.279 e. The molecule has 0 aromatic carbocycles. The van der Waals surface area contributed by atoms with Crippen LogP contribution in [0.2, 0.25) is 0 Å². The van der Waals surface area contributed by atoms with E-state index in [1.807, 2.05) is 0 Å². The van der Waals surface area contributed by atoms with Gasteiger partial charge in [-0.05, 0) is 6.92 Å². The monoisotopic (exact) mass is 162 g/mol. The molecule has 1 aromatic rings. The summed E-state index contributed by atoms with van der Waals surface area (Å²) >= 11 is 0. The summed E-state index contributed by atoms with van der Waals surface area (Å²) < 4.78 is 28.6. The molecule has 3 nitrogen and oxygen atoms in total. The number of ether oxygens (including phenoxy) is 1. The van der Waals surface area contributed by atoms with Gasteiger partial charge in [0.1, 0.15) is 5.69 Å². The molecule has 11 heavy (non-hydrogen) atoms. The van der Waals surface area contributed by atoms with Gasteiger partial charge in [0.2, 0.25) is 5.88 Å². The van der Waals surface area contributed by atoms with Crippen LogP contribution in [0.3, 0.4) is 0 Å². The highest BCUT2D eigenvalue weighted by atomic mass is 19.3. The van der Waals surface area contributed by atoms with Gasteiger partial charge in [-0.25, -0.2) is 8.78 Å². The van der Waals surface area contributed by atoms with Gasteiger partial charge in [-0.1, -0.05) is 0 Å². The van der Waals surface area contributed by atoms with Crippen molar-refractivity contribution in [1.82, 2.24) is 10.2 Å². The minimum absolute atomic E-state index is 0.211. The summed E-state index contributed by atoms with van der Waals surface area (Å²) in [5, 5.41) is 5.66. The Bertz CT molecular complexity index is 224. The maximum Gasteiger partial charge on any atom is 0.279 e. The van der Waals surface area contributed by atoms with Crippen molar-refractivity contribution < 1.29 is 13.5 Å². The normalized spacial score (nSPS) is 10.5. The molecule has 0 atom stereocenters. The SMILES string of the molecule is CCOc1cc(C(F)F)[nH]n1. The molecule has 1 N–H and O–H groups in total. The van der Waals surface area contributed by atoms with E-state index in [0.717, 1.165) is 0 Å². The van der Waals surface area contributed by atoms with Gasteiger partial charge in [-0.2, -0.15) is 0 Å². The fourth-order valence-electron chi connectivity index (χ4n) is 0.651. The first-order valence-electron chi connectivity index (χ1n) is 3.20. The second-order valence-electron chi connectivity index (χ2n) is 1.90. The molecule has 0 amide bonds. The van der Waals surface area contributed by atoms with Gasteiger partial charge in [-0.15, -0.1) is 5.10 Å². The highest BCUT2D eigenvalue weighted by Crippen LogP contribution is 2.19. The van der Waals surface area contributed by atoms with Gasteiger partial charge in [-0.3, -0.25) is 5.10 Å². The zero-order chi connectivity index (χ0) is 8.27. The average molecular weight is 162 g/mol. The first kappa shape index (κ1) is 7.97. The van der Waals surface area contributed by atoms with Crippen LogP contribution < -0.4 is 4.74 Å². The molecular weight excluding hydrogens is 154 g/mol. The summed E-state index contributed by atoms with van der Waals surface area (Å²) in [6.07, 6.45) is -2.52. The van der Waals surface area contributed by atoms with E-state index < -0.39 is 6.43 Å². The topological polar surface area (TPSA) is 37.9 Å². The standard InChI is InChI=1S/C6H8F2N2O/c1-2-11-5-3-4(6(7)8)9-10-5/h3,6H,2H2,1H3,(H,9,10). The zero-order valence-electron chi connectivity index (χ0n) is 5.97. The van der Waals surface area contributed by atoms with Crippen LogP contribution in [0.15, 0.2) is 6.07 Å². The number of nitrogens with zero attached hydrogens (tertiary/aromatic N) is 1. The second kappa shape index (κ2) is 3.32. The highest BCUT2D eigenvalue weighted by molar-refractivity contribution is 5.14. The first-order chi connectivity index (χ1) is 5.24. The Morgan fingerprint density at radius 2 is 2.45 bits per heavy atom. The van der Waals surface area contributed by atoms with Gasteiger partial charge in [0.05, 0.1) is 6.61 Å². The minimum atomic E-state index is -2.52. The second-order valence-corrected chi connectivity index (χ2v) is 1.90. The Balaban J connectivity index is 2.66. The third kappa shape index (κ3) is 1.89. The summed E-state index contributed by atoms with van der Waals surface area (Å²) in [5.41, 5.74) is -0.214. The molecule has 1 aromatic heterocycles. The average Bonchev–Trinajstić information content (AvgIpc) is 2.37. The molecule has 1 rings (SSSR count). The van der Waals surface area contributed by atoms with Gasteiger partial charge in [0, 0.05) is 6.07 Å². The molecule has 0 saturated heterocycles. The number of halogens is 2. The van der Waals surface area contributed by atoms with Crippen LogP contribution in [0.5, 0.6) is 5.88 Å². The van der Waals surface area contributed by atoms with Crippen molar-refractivity contribution >= 4 is 0 Å². The lowest BCUT2D eigenvalue weighted by molar-refractivity contribution is 0.146. The fraction of sp³-hybridized carbons (Fsp3) is 0.500. The number of aromatic nitrogens is 2. The van der Waals surface area contributed by atoms with E-state index in [4.69, 9.17) is 4.74 Å². The molecule has 0 unspecified atom stereocenters. The third-order valence-electron chi connectivity index (χ3n) is 1.10. The Morgan fingerprint density at radius 1 is 1.73 bits per heavy atom. The van der Waals surface area contributed by atoms with Crippen molar-refractivity contribution in [2.75, 3.05) is 6.61 Å². The highest BCUT2D eigenvalue weighted by Gasteiger charge is 2.10. The summed E-state index contributed by atoms with van der Waals surface area (Å²) in [4.78, 5) is 0. The van der Waals surface area contributed by atoms with Gasteiger partial charge >= 0.3 is 0 Å². The van der Waals surface area contributed by atoms with Crippen LogP contribution in [-0.4, -0.2) is 16.8 Å². The summed E-state index contributed by atoms with van der Waals surface area (Å²) in [6, 6.07) is 1.19. The number of rotatable bonds is 3. The Labute approximate surface area is 62.4 Å². The van der Waals surface area contributed by atoms with Crippen LogP contribution in [0.25, 0.3) is 0 Å². The van der Waals surface area contributed by atoms with Crippen LogP contribution in [0.1, 0.15) is 19.0 Å². The maximum atomic E-state index is 11.9. The molecule has 62 valence electrons. The molecule has 0 aliphatic heterocycles. The zero-order valence-corrected chi connectivity index (χ0v) is 5.97. The van der Waals surface area contributed by atoms with Crippen molar-refractivity contribution in [2.45, 2.75) is 13.3 Å². The van der Waals surface area contributed by atoms with E-state index in [1.165, 1.54) is 6.07 Å². The van der Waals surface area contributed by atoms with Gasteiger partial charge < -0.3 is 4.74 Å².